The van der Waals surface area contributed by atoms with Crippen LogP contribution in [0.25, 0.3) is 0 Å². The number of benzene rings is 1. The fourth-order valence-corrected chi connectivity index (χ4v) is 2.83. The number of thiophene rings is 1. The highest BCUT2D eigenvalue weighted by Crippen LogP contribution is 2.20. The maximum absolute atomic E-state index is 12.0. The lowest BCUT2D eigenvalue weighted by atomic mass is 10.1. The second kappa shape index (κ2) is 6.16. The van der Waals surface area contributed by atoms with Gasteiger partial charge in [0.25, 0.3) is 5.91 Å². The first-order chi connectivity index (χ1) is 8.68. The average Bonchev–Trinajstić information content (AvgIpc) is 2.85. The molecule has 0 unspecified atom stereocenters. The molecule has 2 aromatic rings. The van der Waals surface area contributed by atoms with E-state index in [-0.39, 0.29) is 5.91 Å². The lowest BCUT2D eigenvalue weighted by Gasteiger charge is -2.07. The monoisotopic (exact) mass is 323 g/mol. The normalized spacial score (nSPS) is 10.3. The largest absolute Gasteiger partial charge is 0.352 e. The Balaban J connectivity index is 1.93. The van der Waals surface area contributed by atoms with Gasteiger partial charge in [-0.15, -0.1) is 11.3 Å². The third kappa shape index (κ3) is 3.21. The number of nitrogens with one attached hydrogen (secondary N) is 1. The van der Waals surface area contributed by atoms with Gasteiger partial charge in [0.05, 0.1) is 5.56 Å². The molecule has 1 aromatic carbocycles. The summed E-state index contributed by atoms with van der Waals surface area (Å²) < 4.78 is 0.874. The minimum absolute atomic E-state index is 0.0258. The number of aryl methyl sites for hydroxylation is 1. The van der Waals surface area contributed by atoms with Crippen molar-refractivity contribution < 1.29 is 4.79 Å². The van der Waals surface area contributed by atoms with E-state index in [1.165, 1.54) is 4.88 Å². The predicted octanol–water partition coefficient (Wildman–Crippen LogP) is 3.79. The molecule has 0 spiro atoms. The van der Waals surface area contributed by atoms with Crippen molar-refractivity contribution >= 4 is 33.2 Å². The van der Waals surface area contributed by atoms with Gasteiger partial charge in [0.2, 0.25) is 0 Å². The second-order valence-electron chi connectivity index (χ2n) is 4.02. The van der Waals surface area contributed by atoms with E-state index in [0.29, 0.717) is 12.1 Å². The van der Waals surface area contributed by atoms with Crippen LogP contribution >= 0.6 is 27.3 Å². The van der Waals surface area contributed by atoms with E-state index in [1.807, 2.05) is 36.6 Å². The highest BCUT2D eigenvalue weighted by Gasteiger charge is 2.10. The van der Waals surface area contributed by atoms with Crippen LogP contribution in [0.5, 0.6) is 0 Å². The van der Waals surface area contributed by atoms with Gasteiger partial charge in [-0.25, -0.2) is 0 Å². The van der Waals surface area contributed by atoms with E-state index < -0.39 is 0 Å². The van der Waals surface area contributed by atoms with Crippen LogP contribution < -0.4 is 5.32 Å². The molecule has 4 heteroatoms. The minimum atomic E-state index is -0.0258. The zero-order chi connectivity index (χ0) is 13.0. The summed E-state index contributed by atoms with van der Waals surface area (Å²) in [6, 6.07) is 9.82. The standard InChI is InChI=1S/C14H14BrNOS/c1-10-4-2-6-12(13(10)15)14(17)16-8-7-11-5-3-9-18-11/h2-6,9H,7-8H2,1H3,(H,16,17). The third-order valence-corrected chi connectivity index (χ3v) is 4.66. The number of amides is 1. The van der Waals surface area contributed by atoms with Gasteiger partial charge >= 0.3 is 0 Å². The van der Waals surface area contributed by atoms with E-state index in [9.17, 15) is 4.79 Å². The van der Waals surface area contributed by atoms with Gasteiger partial charge in [0.1, 0.15) is 0 Å². The molecule has 0 aliphatic heterocycles. The van der Waals surface area contributed by atoms with Crippen molar-refractivity contribution in [2.45, 2.75) is 13.3 Å². The molecule has 18 heavy (non-hydrogen) atoms. The van der Waals surface area contributed by atoms with Crippen molar-refractivity contribution in [2.24, 2.45) is 0 Å². The van der Waals surface area contributed by atoms with Gasteiger partial charge in [-0.05, 0) is 52.4 Å². The number of hydrogen-bond acceptors (Lipinski definition) is 2. The third-order valence-electron chi connectivity index (χ3n) is 2.67. The molecular weight excluding hydrogens is 310 g/mol. The topological polar surface area (TPSA) is 29.1 Å². The summed E-state index contributed by atoms with van der Waals surface area (Å²) in [6.07, 6.45) is 0.882. The van der Waals surface area contributed by atoms with Crippen LogP contribution in [-0.4, -0.2) is 12.5 Å². The Labute approximate surface area is 119 Å². The van der Waals surface area contributed by atoms with Crippen LogP contribution in [0.3, 0.4) is 0 Å². The number of rotatable bonds is 4. The fourth-order valence-electron chi connectivity index (χ4n) is 1.67. The first-order valence-corrected chi connectivity index (χ1v) is 7.41. The van der Waals surface area contributed by atoms with Gasteiger partial charge in [-0.1, -0.05) is 18.2 Å². The maximum atomic E-state index is 12.0. The Morgan fingerprint density at radius 3 is 2.89 bits per heavy atom. The van der Waals surface area contributed by atoms with Gasteiger partial charge < -0.3 is 5.32 Å². The summed E-state index contributed by atoms with van der Waals surface area (Å²) in [6.45, 7) is 2.65. The van der Waals surface area contributed by atoms with Crippen LogP contribution in [0.15, 0.2) is 40.2 Å². The Morgan fingerprint density at radius 2 is 2.17 bits per heavy atom. The number of carbonyl (C=O) groups is 1. The minimum Gasteiger partial charge on any atom is -0.352 e. The summed E-state index contributed by atoms with van der Waals surface area (Å²) in [5.41, 5.74) is 1.77. The molecule has 2 rings (SSSR count). The zero-order valence-corrected chi connectivity index (χ0v) is 12.5. The van der Waals surface area contributed by atoms with Crippen LogP contribution in [0.2, 0.25) is 0 Å². The SMILES string of the molecule is Cc1cccc(C(=O)NCCc2cccs2)c1Br. The summed E-state index contributed by atoms with van der Waals surface area (Å²) in [5, 5.41) is 4.99. The molecule has 0 aliphatic carbocycles. The summed E-state index contributed by atoms with van der Waals surface area (Å²) in [5.74, 6) is -0.0258. The number of carbonyl (C=O) groups excluding carboxylic acids is 1. The van der Waals surface area contributed by atoms with E-state index in [1.54, 1.807) is 11.3 Å². The van der Waals surface area contributed by atoms with E-state index in [4.69, 9.17) is 0 Å². The zero-order valence-electron chi connectivity index (χ0n) is 10.1. The van der Waals surface area contributed by atoms with Crippen LogP contribution in [0.4, 0.5) is 0 Å². The summed E-state index contributed by atoms with van der Waals surface area (Å²) in [7, 11) is 0. The lowest BCUT2D eigenvalue weighted by molar-refractivity contribution is 0.0953. The molecule has 0 radical (unpaired) electrons. The van der Waals surface area contributed by atoms with Crippen molar-refractivity contribution in [3.63, 3.8) is 0 Å². The molecule has 0 bridgehead atoms. The summed E-state index contributed by atoms with van der Waals surface area (Å²) >= 11 is 5.17. The van der Waals surface area contributed by atoms with E-state index >= 15 is 0 Å². The van der Waals surface area contributed by atoms with Crippen molar-refractivity contribution in [2.75, 3.05) is 6.54 Å². The van der Waals surface area contributed by atoms with Crippen molar-refractivity contribution in [1.82, 2.24) is 5.32 Å². The molecule has 1 heterocycles. The Bertz CT molecular complexity index is 537. The number of halogens is 1. The molecule has 0 saturated heterocycles. The predicted molar refractivity (Wildman–Crippen MR) is 79.2 cm³/mol. The Morgan fingerprint density at radius 1 is 1.33 bits per heavy atom. The lowest BCUT2D eigenvalue weighted by Crippen LogP contribution is -2.25. The molecule has 0 aliphatic rings. The van der Waals surface area contributed by atoms with Crippen LogP contribution in [0.1, 0.15) is 20.8 Å². The second-order valence-corrected chi connectivity index (χ2v) is 5.85. The smallest absolute Gasteiger partial charge is 0.252 e. The van der Waals surface area contributed by atoms with Crippen LogP contribution in [-0.2, 0) is 6.42 Å². The Hall–Kier alpha value is -1.13. The Kier molecular flexibility index (Phi) is 4.55. The first-order valence-electron chi connectivity index (χ1n) is 5.74. The fraction of sp³-hybridized carbons (Fsp3) is 0.214. The van der Waals surface area contributed by atoms with Crippen molar-refractivity contribution in [1.29, 1.82) is 0 Å². The van der Waals surface area contributed by atoms with Crippen LogP contribution in [0, 0.1) is 6.92 Å². The molecule has 2 nitrogen and oxygen atoms in total. The highest BCUT2D eigenvalue weighted by atomic mass is 79.9. The quantitative estimate of drug-likeness (QED) is 0.911. The molecule has 1 N–H and O–H groups in total. The molecule has 1 amide bonds. The summed E-state index contributed by atoms with van der Waals surface area (Å²) in [4.78, 5) is 13.3. The maximum Gasteiger partial charge on any atom is 0.252 e. The van der Waals surface area contributed by atoms with Gasteiger partial charge in [-0.3, -0.25) is 4.79 Å². The molecule has 0 fully saturated rings. The molecule has 0 atom stereocenters. The van der Waals surface area contributed by atoms with Gasteiger partial charge in [-0.2, -0.15) is 0 Å². The van der Waals surface area contributed by atoms with Crippen molar-refractivity contribution in [3.05, 3.63) is 56.2 Å². The van der Waals surface area contributed by atoms with E-state index in [2.05, 4.69) is 27.3 Å². The highest BCUT2D eigenvalue weighted by molar-refractivity contribution is 9.10. The molecule has 94 valence electrons. The molecule has 1 aromatic heterocycles. The molecule has 0 saturated carbocycles. The van der Waals surface area contributed by atoms with E-state index in [0.717, 1.165) is 16.5 Å². The molecular formula is C14H14BrNOS. The average molecular weight is 324 g/mol. The van der Waals surface area contributed by atoms with Gasteiger partial charge in [0, 0.05) is 15.9 Å². The van der Waals surface area contributed by atoms with Crippen molar-refractivity contribution in [3.8, 4) is 0 Å². The number of hydrogen-bond donors (Lipinski definition) is 1. The first kappa shape index (κ1) is 13.3. The van der Waals surface area contributed by atoms with Gasteiger partial charge in [0.15, 0.2) is 0 Å².